The Labute approximate surface area is 196 Å². The van der Waals surface area contributed by atoms with Crippen molar-refractivity contribution in [1.29, 1.82) is 5.26 Å². The van der Waals surface area contributed by atoms with Crippen molar-refractivity contribution in [1.82, 2.24) is 0 Å². The highest BCUT2D eigenvalue weighted by Gasteiger charge is 2.45. The zero-order chi connectivity index (χ0) is 23.5. The number of fused-ring (bicyclic) bond motifs is 3. The molecule has 2 aromatic rings. The summed E-state index contributed by atoms with van der Waals surface area (Å²) in [7, 11) is 0. The summed E-state index contributed by atoms with van der Waals surface area (Å²) in [5.74, 6) is 1.88. The van der Waals surface area contributed by atoms with Gasteiger partial charge in [0.1, 0.15) is 0 Å². The summed E-state index contributed by atoms with van der Waals surface area (Å²) >= 11 is 1.84. The van der Waals surface area contributed by atoms with E-state index in [0.717, 1.165) is 53.8 Å². The molecule has 7 heteroatoms. The Bertz CT molecular complexity index is 1190. The molecule has 0 N–H and O–H groups in total. The van der Waals surface area contributed by atoms with Gasteiger partial charge in [0.15, 0.2) is 0 Å². The van der Waals surface area contributed by atoms with E-state index >= 15 is 0 Å². The molecule has 0 fully saturated rings. The van der Waals surface area contributed by atoms with E-state index in [-0.39, 0.29) is 22.5 Å². The maximum Gasteiger partial charge on any atom is 0.417 e. The van der Waals surface area contributed by atoms with E-state index < -0.39 is 11.7 Å². The summed E-state index contributed by atoms with van der Waals surface area (Å²) in [6, 6.07) is 8.13. The summed E-state index contributed by atoms with van der Waals surface area (Å²) in [6.07, 6.45) is -1.56. The highest BCUT2D eigenvalue weighted by molar-refractivity contribution is 7.98. The highest BCUT2D eigenvalue weighted by atomic mass is 32.2. The lowest BCUT2D eigenvalue weighted by atomic mass is 9.73. The molecule has 172 valence electrons. The van der Waals surface area contributed by atoms with Crippen LogP contribution in [0.3, 0.4) is 0 Å². The Kier molecular flexibility index (Phi) is 5.28. The largest absolute Gasteiger partial charge is 0.417 e. The van der Waals surface area contributed by atoms with Crippen molar-refractivity contribution in [3.05, 3.63) is 52.1 Å². The Morgan fingerprint density at radius 1 is 1.15 bits per heavy atom. The second-order valence-corrected chi connectivity index (χ2v) is 11.1. The van der Waals surface area contributed by atoms with Gasteiger partial charge in [-0.2, -0.15) is 30.2 Å². The molecule has 0 saturated heterocycles. The molecule has 0 spiro atoms. The lowest BCUT2D eigenvalue weighted by Crippen LogP contribution is -2.38. The summed E-state index contributed by atoms with van der Waals surface area (Å²) < 4.78 is 42.6. The zero-order valence-electron chi connectivity index (χ0n) is 19.0. The van der Waals surface area contributed by atoms with Crippen LogP contribution in [0.15, 0.2) is 29.3 Å². The van der Waals surface area contributed by atoms with Gasteiger partial charge in [0, 0.05) is 48.5 Å². The first-order chi connectivity index (χ1) is 15.6. The molecule has 2 atom stereocenters. The third-order valence-electron chi connectivity index (χ3n) is 6.90. The predicted octanol–water partition coefficient (Wildman–Crippen LogP) is 6.54. The molecule has 3 nitrogen and oxygen atoms in total. The standard InChI is InChI=1S/C26H26F3N3S/c1-25(2,3)23-18(17-5-4-15(12-30)10-20(17)26(27,28)29)11-16-14-33-9-8-32-21-6-7-31-13-19(21)22(23)24(16)32/h4-5,10-11,13,19,21H,6-9,14H2,1-3H3/t19-,21-/m0/s1. The third kappa shape index (κ3) is 3.63. The molecule has 0 unspecified atom stereocenters. The zero-order valence-corrected chi connectivity index (χ0v) is 19.8. The molecule has 33 heavy (non-hydrogen) atoms. The van der Waals surface area contributed by atoms with Crippen LogP contribution >= 0.6 is 11.8 Å². The lowest BCUT2D eigenvalue weighted by Gasteiger charge is -2.30. The topological polar surface area (TPSA) is 39.4 Å². The Morgan fingerprint density at radius 2 is 1.94 bits per heavy atom. The minimum absolute atomic E-state index is 0.0175. The van der Waals surface area contributed by atoms with Gasteiger partial charge in [-0.3, -0.25) is 4.99 Å². The molecule has 2 aromatic carbocycles. The molecule has 0 bridgehead atoms. The second kappa shape index (κ2) is 7.80. The number of rotatable bonds is 1. The number of nitrogens with zero attached hydrogens (tertiary/aromatic N) is 3. The van der Waals surface area contributed by atoms with Crippen molar-refractivity contribution in [3.8, 4) is 17.2 Å². The Hall–Kier alpha value is -2.46. The van der Waals surface area contributed by atoms with E-state index in [2.05, 4.69) is 30.7 Å². The molecular weight excluding hydrogens is 443 g/mol. The second-order valence-electron chi connectivity index (χ2n) is 10.0. The fraction of sp³-hybridized carbons (Fsp3) is 0.462. The monoisotopic (exact) mass is 469 g/mol. The molecule has 3 aliphatic heterocycles. The minimum atomic E-state index is -4.56. The molecule has 3 aliphatic rings. The normalized spacial score (nSPS) is 21.9. The molecule has 0 radical (unpaired) electrons. The van der Waals surface area contributed by atoms with Crippen LogP contribution in [0.5, 0.6) is 0 Å². The number of benzene rings is 2. The molecule has 0 aliphatic carbocycles. The number of halogens is 3. The van der Waals surface area contributed by atoms with Crippen LogP contribution in [0.1, 0.15) is 60.9 Å². The van der Waals surface area contributed by atoms with Crippen molar-refractivity contribution >= 4 is 23.7 Å². The average Bonchev–Trinajstić information content (AvgIpc) is 2.93. The van der Waals surface area contributed by atoms with Gasteiger partial charge in [-0.25, -0.2) is 0 Å². The van der Waals surface area contributed by atoms with Crippen LogP contribution in [0.4, 0.5) is 18.9 Å². The molecule has 0 amide bonds. The number of aliphatic imine (C=N–C) groups is 1. The van der Waals surface area contributed by atoms with Crippen LogP contribution in [0.25, 0.3) is 11.1 Å². The van der Waals surface area contributed by atoms with E-state index in [1.54, 1.807) is 0 Å². The lowest BCUT2D eigenvalue weighted by molar-refractivity contribution is -0.137. The fourth-order valence-corrected chi connectivity index (χ4v) is 6.62. The predicted molar refractivity (Wildman–Crippen MR) is 128 cm³/mol. The Balaban J connectivity index is 1.88. The van der Waals surface area contributed by atoms with Crippen molar-refractivity contribution in [2.45, 2.75) is 56.5 Å². The SMILES string of the molecule is CC(C)(C)c1c(-c2ccc(C#N)cc2C(F)(F)F)cc2c3c1[C@H]1C=NCC[C@@H]1N3CCSC2. The maximum atomic E-state index is 14.2. The molecule has 0 aromatic heterocycles. The molecule has 0 saturated carbocycles. The Morgan fingerprint density at radius 3 is 2.64 bits per heavy atom. The van der Waals surface area contributed by atoms with Crippen molar-refractivity contribution in [2.24, 2.45) is 4.99 Å². The number of alkyl halides is 3. The van der Waals surface area contributed by atoms with Gasteiger partial charge in [0.05, 0.1) is 17.2 Å². The summed E-state index contributed by atoms with van der Waals surface area (Å²) in [4.78, 5) is 7.10. The van der Waals surface area contributed by atoms with Gasteiger partial charge < -0.3 is 4.90 Å². The summed E-state index contributed by atoms with van der Waals surface area (Å²) in [5.41, 5.74) is 4.14. The van der Waals surface area contributed by atoms with Crippen LogP contribution < -0.4 is 4.90 Å². The van der Waals surface area contributed by atoms with E-state index in [9.17, 15) is 18.4 Å². The van der Waals surface area contributed by atoms with Crippen LogP contribution in [0, 0.1) is 11.3 Å². The quantitative estimate of drug-likeness (QED) is 0.476. The van der Waals surface area contributed by atoms with Crippen molar-refractivity contribution in [3.63, 3.8) is 0 Å². The first-order valence-corrected chi connectivity index (χ1v) is 12.4. The average molecular weight is 470 g/mol. The van der Waals surface area contributed by atoms with E-state index in [4.69, 9.17) is 0 Å². The van der Waals surface area contributed by atoms with Crippen LogP contribution in [0.2, 0.25) is 0 Å². The third-order valence-corrected chi connectivity index (χ3v) is 7.89. The van der Waals surface area contributed by atoms with Gasteiger partial charge in [-0.1, -0.05) is 26.8 Å². The van der Waals surface area contributed by atoms with Crippen LogP contribution in [-0.2, 0) is 17.3 Å². The van der Waals surface area contributed by atoms with Gasteiger partial charge in [0.2, 0.25) is 0 Å². The van der Waals surface area contributed by atoms with Crippen molar-refractivity contribution < 1.29 is 13.2 Å². The maximum absolute atomic E-state index is 14.2. The van der Waals surface area contributed by atoms with Crippen molar-refractivity contribution in [2.75, 3.05) is 23.7 Å². The van der Waals surface area contributed by atoms with Crippen LogP contribution in [-0.4, -0.2) is 31.1 Å². The van der Waals surface area contributed by atoms with Gasteiger partial charge in [-0.15, -0.1) is 0 Å². The molecule has 5 rings (SSSR count). The number of hydrogen-bond donors (Lipinski definition) is 0. The molecule has 3 heterocycles. The van der Waals surface area contributed by atoms with Gasteiger partial charge in [0.25, 0.3) is 0 Å². The molecular formula is C26H26F3N3S. The van der Waals surface area contributed by atoms with Gasteiger partial charge >= 0.3 is 6.18 Å². The number of thioether (sulfide) groups is 1. The fourth-order valence-electron chi connectivity index (χ4n) is 5.71. The number of anilines is 1. The summed E-state index contributed by atoms with van der Waals surface area (Å²) in [5, 5.41) is 9.24. The van der Waals surface area contributed by atoms with E-state index in [1.165, 1.54) is 17.8 Å². The number of nitriles is 1. The first-order valence-electron chi connectivity index (χ1n) is 11.3. The smallest absolute Gasteiger partial charge is 0.366 e. The highest BCUT2D eigenvalue weighted by Crippen LogP contribution is 2.54. The van der Waals surface area contributed by atoms with E-state index in [0.29, 0.717) is 11.6 Å². The minimum Gasteiger partial charge on any atom is -0.366 e. The number of hydrogen-bond acceptors (Lipinski definition) is 4. The van der Waals surface area contributed by atoms with E-state index in [1.807, 2.05) is 30.1 Å². The summed E-state index contributed by atoms with van der Waals surface area (Å²) in [6.45, 7) is 7.98. The van der Waals surface area contributed by atoms with Gasteiger partial charge in [-0.05, 0) is 57.9 Å². The first kappa shape index (κ1) is 22.3.